The second-order valence-electron chi connectivity index (χ2n) is 8.98. The number of carbonyl (C=O) groups excluding carboxylic acids is 1. The number of nitrogens with two attached hydrogens (primary N) is 1. The number of amidine groups is 1. The maximum Gasteiger partial charge on any atom is 0.244 e. The van der Waals surface area contributed by atoms with Gasteiger partial charge in [0.1, 0.15) is 23.9 Å². The highest BCUT2D eigenvalue weighted by atomic mass is 19.1. The minimum atomic E-state index is -0.368. The summed E-state index contributed by atoms with van der Waals surface area (Å²) in [5.41, 5.74) is 10.0. The highest BCUT2D eigenvalue weighted by Gasteiger charge is 2.24. The Labute approximate surface area is 210 Å². The number of carbonyl (C=O) groups is 1. The molecule has 0 bridgehead atoms. The lowest BCUT2D eigenvalue weighted by Gasteiger charge is -2.35. The van der Waals surface area contributed by atoms with Crippen molar-refractivity contribution in [2.45, 2.75) is 33.2 Å². The molecule has 3 N–H and O–H groups in total. The number of rotatable bonds is 7. The van der Waals surface area contributed by atoms with Crippen molar-refractivity contribution in [3.63, 3.8) is 0 Å². The molecule has 188 valence electrons. The van der Waals surface area contributed by atoms with Crippen LogP contribution in [0.15, 0.2) is 60.4 Å². The van der Waals surface area contributed by atoms with Crippen LogP contribution in [0.4, 0.5) is 4.39 Å². The largest absolute Gasteiger partial charge is 0.402 e. The average Bonchev–Trinajstić information content (AvgIpc) is 3.30. The summed E-state index contributed by atoms with van der Waals surface area (Å²) in [6.45, 7) is 6.02. The van der Waals surface area contributed by atoms with E-state index in [1.165, 1.54) is 6.20 Å². The number of amides is 1. The van der Waals surface area contributed by atoms with Gasteiger partial charge >= 0.3 is 0 Å². The van der Waals surface area contributed by atoms with E-state index in [0.29, 0.717) is 54.7 Å². The minimum Gasteiger partial charge on any atom is -0.402 e. The lowest BCUT2D eigenvalue weighted by atomic mass is 10.1. The highest BCUT2D eigenvalue weighted by Crippen LogP contribution is 2.26. The molecule has 0 atom stereocenters. The highest BCUT2D eigenvalue weighted by molar-refractivity contribution is 5.91. The Morgan fingerprint density at radius 1 is 1.11 bits per heavy atom. The first-order valence-electron chi connectivity index (χ1n) is 12.2. The van der Waals surface area contributed by atoms with E-state index in [9.17, 15) is 9.18 Å². The molecule has 0 saturated carbocycles. The first-order chi connectivity index (χ1) is 17.4. The van der Waals surface area contributed by atoms with Gasteiger partial charge in [0.05, 0.1) is 17.6 Å². The second kappa shape index (κ2) is 11.2. The van der Waals surface area contributed by atoms with Crippen molar-refractivity contribution in [2.75, 3.05) is 26.2 Å². The molecule has 0 aliphatic carbocycles. The average molecular weight is 490 g/mol. The second-order valence-corrected chi connectivity index (χ2v) is 8.98. The van der Waals surface area contributed by atoms with E-state index in [0.717, 1.165) is 24.1 Å². The van der Waals surface area contributed by atoms with Gasteiger partial charge in [0, 0.05) is 31.9 Å². The summed E-state index contributed by atoms with van der Waals surface area (Å²) >= 11 is 0. The summed E-state index contributed by atoms with van der Waals surface area (Å²) in [4.78, 5) is 21.2. The fourth-order valence-electron chi connectivity index (χ4n) is 4.24. The minimum absolute atomic E-state index is 0.0442. The summed E-state index contributed by atoms with van der Waals surface area (Å²) < 4.78 is 15.4. The number of nitrogens with zero attached hydrogens (tertiary/aromatic N) is 5. The van der Waals surface area contributed by atoms with Gasteiger partial charge in [-0.3, -0.25) is 19.9 Å². The lowest BCUT2D eigenvalue weighted by Crippen LogP contribution is -2.51. The Hall–Kier alpha value is -4.01. The predicted molar refractivity (Wildman–Crippen MR) is 139 cm³/mol. The van der Waals surface area contributed by atoms with Gasteiger partial charge in [-0.2, -0.15) is 5.10 Å². The first-order valence-corrected chi connectivity index (χ1v) is 12.2. The van der Waals surface area contributed by atoms with Crippen molar-refractivity contribution in [1.29, 1.82) is 5.41 Å². The molecule has 2 aromatic heterocycles. The molecule has 9 heteroatoms. The smallest absolute Gasteiger partial charge is 0.244 e. The third kappa shape index (κ3) is 5.79. The molecule has 0 radical (unpaired) electrons. The normalized spacial score (nSPS) is 14.2. The monoisotopic (exact) mass is 489 g/mol. The Kier molecular flexibility index (Phi) is 7.77. The number of hydrogen-bond acceptors (Lipinski definition) is 5. The molecule has 36 heavy (non-hydrogen) atoms. The van der Waals surface area contributed by atoms with Crippen LogP contribution in [0.3, 0.4) is 0 Å². The van der Waals surface area contributed by atoms with Gasteiger partial charge in [-0.05, 0) is 42.7 Å². The van der Waals surface area contributed by atoms with Crippen molar-refractivity contribution >= 4 is 11.7 Å². The Balaban J connectivity index is 1.50. The number of nitrogens with one attached hydrogen (secondary N) is 1. The number of allylic oxidation sites excluding steroid dienone is 1. The molecule has 3 aromatic rings. The van der Waals surface area contributed by atoms with Crippen LogP contribution in [-0.4, -0.2) is 62.5 Å². The van der Waals surface area contributed by atoms with Crippen molar-refractivity contribution in [3.8, 4) is 22.6 Å². The quantitative estimate of drug-likeness (QED) is 0.388. The molecule has 4 rings (SSSR count). The molecule has 3 heterocycles. The summed E-state index contributed by atoms with van der Waals surface area (Å²) in [6.07, 6.45) is 4.61. The van der Waals surface area contributed by atoms with Gasteiger partial charge in [-0.25, -0.2) is 4.39 Å². The van der Waals surface area contributed by atoms with Gasteiger partial charge in [0.2, 0.25) is 5.91 Å². The van der Waals surface area contributed by atoms with Crippen molar-refractivity contribution in [1.82, 2.24) is 24.6 Å². The lowest BCUT2D eigenvalue weighted by molar-refractivity contribution is -0.133. The molecular formula is C27H32FN7O. The van der Waals surface area contributed by atoms with E-state index in [1.807, 2.05) is 41.3 Å². The summed E-state index contributed by atoms with van der Waals surface area (Å²) in [5, 5.41) is 13.0. The first kappa shape index (κ1) is 25.1. The Morgan fingerprint density at radius 3 is 2.47 bits per heavy atom. The predicted octanol–water partition coefficient (Wildman–Crippen LogP) is 3.82. The van der Waals surface area contributed by atoms with Gasteiger partial charge in [-0.1, -0.05) is 43.7 Å². The molecule has 1 fully saturated rings. The zero-order valence-electron chi connectivity index (χ0n) is 20.7. The van der Waals surface area contributed by atoms with Crippen LogP contribution in [0.25, 0.3) is 22.6 Å². The van der Waals surface area contributed by atoms with Gasteiger partial charge < -0.3 is 15.5 Å². The molecule has 1 aliphatic rings. The van der Waals surface area contributed by atoms with E-state index in [1.54, 1.807) is 28.6 Å². The fraction of sp³-hybridized carbons (Fsp3) is 0.333. The maximum atomic E-state index is 13.8. The van der Waals surface area contributed by atoms with Crippen LogP contribution < -0.4 is 5.73 Å². The molecule has 1 aromatic carbocycles. The van der Waals surface area contributed by atoms with Crippen LogP contribution in [0.5, 0.6) is 0 Å². The third-order valence-electron chi connectivity index (χ3n) is 6.28. The third-order valence-corrected chi connectivity index (χ3v) is 6.28. The van der Waals surface area contributed by atoms with Crippen molar-refractivity contribution in [2.24, 2.45) is 5.73 Å². The van der Waals surface area contributed by atoms with Crippen LogP contribution in [0.1, 0.15) is 25.3 Å². The molecular weight excluding hydrogens is 457 g/mol. The summed E-state index contributed by atoms with van der Waals surface area (Å²) in [6, 6.07) is 13.3. The van der Waals surface area contributed by atoms with Gasteiger partial charge in [0.15, 0.2) is 0 Å². The van der Waals surface area contributed by atoms with Crippen LogP contribution in [0, 0.1) is 18.2 Å². The number of aryl methyl sites for hydroxylation is 1. The van der Waals surface area contributed by atoms with Gasteiger partial charge in [-0.15, -0.1) is 0 Å². The van der Waals surface area contributed by atoms with Crippen molar-refractivity contribution in [3.05, 3.63) is 71.8 Å². The zero-order valence-corrected chi connectivity index (χ0v) is 20.7. The standard InChI is InChI=1S/C27H32FN7O/c1-3-7-21(29)15-26(30)33-10-12-34(13-11-33)27(36)18-35-25(20-8-5-4-6-9-20)16-24(32-35)23-14-19(2)22(28)17-31-23/h4-6,8-9,14-17,30H,3,7,10-13,18,29H2,1-2H3/b21-15-,30-26?. The molecule has 0 unspecified atom stereocenters. The number of pyridine rings is 1. The van der Waals surface area contributed by atoms with Gasteiger partial charge in [0.25, 0.3) is 0 Å². The van der Waals surface area contributed by atoms with E-state index in [2.05, 4.69) is 17.0 Å². The number of aromatic nitrogens is 3. The Morgan fingerprint density at radius 2 is 1.81 bits per heavy atom. The topological polar surface area (TPSA) is 104 Å². The SMILES string of the molecule is CCC/C(N)=C/C(=N)N1CCN(C(=O)Cn2nc(-c3cc(C)c(F)cn3)cc2-c2ccccc2)CC1. The van der Waals surface area contributed by atoms with Crippen LogP contribution in [-0.2, 0) is 11.3 Å². The molecule has 8 nitrogen and oxygen atoms in total. The van der Waals surface area contributed by atoms with E-state index < -0.39 is 0 Å². The Bertz CT molecular complexity index is 1260. The number of piperazine rings is 1. The number of benzene rings is 1. The van der Waals surface area contributed by atoms with E-state index in [4.69, 9.17) is 11.1 Å². The van der Waals surface area contributed by atoms with E-state index in [-0.39, 0.29) is 18.3 Å². The molecule has 1 saturated heterocycles. The molecule has 0 spiro atoms. The van der Waals surface area contributed by atoms with Crippen LogP contribution >= 0.6 is 0 Å². The summed E-state index contributed by atoms with van der Waals surface area (Å²) in [5.74, 6) is -0.0251. The molecule has 1 aliphatic heterocycles. The van der Waals surface area contributed by atoms with Crippen molar-refractivity contribution < 1.29 is 9.18 Å². The maximum absolute atomic E-state index is 13.8. The number of hydrogen-bond donors (Lipinski definition) is 2. The van der Waals surface area contributed by atoms with E-state index >= 15 is 0 Å². The number of halogens is 1. The van der Waals surface area contributed by atoms with Crippen LogP contribution in [0.2, 0.25) is 0 Å². The molecule has 1 amide bonds. The zero-order chi connectivity index (χ0) is 25.7. The fourth-order valence-corrected chi connectivity index (χ4v) is 4.24. The summed E-state index contributed by atoms with van der Waals surface area (Å²) in [7, 11) is 0.